The third-order valence-corrected chi connectivity index (χ3v) is 4.88. The zero-order valence-electron chi connectivity index (χ0n) is 14.9. The zero-order chi connectivity index (χ0) is 19.7. The first-order chi connectivity index (χ1) is 13.5. The number of allylic oxidation sites excluding steroid dienone is 2. The van der Waals surface area contributed by atoms with Crippen LogP contribution in [0, 0.1) is 10.1 Å². The number of rotatable bonds is 6. The standard InChI is InChI=1S/C20H18N4O4/c21-19(25)14-6-9-18(28-15-7-8-15)20(10-14,24(26)27)17-12-22-16(11-23-17)13-4-2-1-3-5-13/h1-6,9,11-12,15H,7-8,10H2,(H2,21,25). The number of nitrogens with two attached hydrogens (primary N) is 1. The molecule has 0 saturated heterocycles. The van der Waals surface area contributed by atoms with Crippen LogP contribution in [0.25, 0.3) is 11.3 Å². The number of amides is 1. The van der Waals surface area contributed by atoms with Gasteiger partial charge in [0.05, 0.1) is 30.6 Å². The predicted molar refractivity (Wildman–Crippen MR) is 100 cm³/mol. The first-order valence-electron chi connectivity index (χ1n) is 8.91. The second-order valence-electron chi connectivity index (χ2n) is 6.85. The minimum atomic E-state index is -1.83. The van der Waals surface area contributed by atoms with Crippen molar-refractivity contribution in [3.63, 3.8) is 0 Å². The second-order valence-corrected chi connectivity index (χ2v) is 6.85. The molecule has 1 fully saturated rings. The summed E-state index contributed by atoms with van der Waals surface area (Å²) in [4.78, 5) is 32.2. The molecular formula is C20H18N4O4. The van der Waals surface area contributed by atoms with E-state index >= 15 is 0 Å². The van der Waals surface area contributed by atoms with Crippen LogP contribution in [0.3, 0.4) is 0 Å². The minimum absolute atomic E-state index is 0.0503. The quantitative estimate of drug-likeness (QED) is 0.609. The summed E-state index contributed by atoms with van der Waals surface area (Å²) >= 11 is 0. The lowest BCUT2D eigenvalue weighted by atomic mass is 9.82. The molecule has 28 heavy (non-hydrogen) atoms. The number of ether oxygens (including phenoxy) is 1. The Balaban J connectivity index is 1.77. The largest absolute Gasteiger partial charge is 0.487 e. The van der Waals surface area contributed by atoms with Crippen LogP contribution in [-0.4, -0.2) is 26.9 Å². The average Bonchev–Trinajstić information content (AvgIpc) is 3.53. The molecule has 8 nitrogen and oxygen atoms in total. The van der Waals surface area contributed by atoms with Crippen molar-refractivity contribution in [2.24, 2.45) is 5.73 Å². The number of hydrogen-bond donors (Lipinski definition) is 1. The molecule has 1 aromatic carbocycles. The first-order valence-corrected chi connectivity index (χ1v) is 8.91. The summed E-state index contributed by atoms with van der Waals surface area (Å²) in [7, 11) is 0. The van der Waals surface area contributed by atoms with E-state index in [1.165, 1.54) is 24.5 Å². The van der Waals surface area contributed by atoms with Crippen LogP contribution in [0.4, 0.5) is 0 Å². The highest BCUT2D eigenvalue weighted by Gasteiger charge is 2.55. The number of nitro groups is 1. The van der Waals surface area contributed by atoms with E-state index in [1.807, 2.05) is 30.3 Å². The van der Waals surface area contributed by atoms with Gasteiger partial charge in [0.2, 0.25) is 5.91 Å². The lowest BCUT2D eigenvalue weighted by molar-refractivity contribution is -0.573. The van der Waals surface area contributed by atoms with Gasteiger partial charge in [-0.3, -0.25) is 19.9 Å². The van der Waals surface area contributed by atoms with Gasteiger partial charge in [-0.25, -0.2) is 4.98 Å². The smallest absolute Gasteiger partial charge is 0.324 e. The van der Waals surface area contributed by atoms with E-state index in [4.69, 9.17) is 10.5 Å². The fraction of sp³-hybridized carbons (Fsp3) is 0.250. The van der Waals surface area contributed by atoms with Crippen LogP contribution in [0.1, 0.15) is 25.0 Å². The van der Waals surface area contributed by atoms with Gasteiger partial charge in [0, 0.05) is 16.1 Å². The van der Waals surface area contributed by atoms with Crippen molar-refractivity contribution in [2.45, 2.75) is 30.9 Å². The molecule has 1 amide bonds. The number of hydrogen-bond acceptors (Lipinski definition) is 6. The molecule has 142 valence electrons. The highest BCUT2D eigenvalue weighted by atomic mass is 16.6. The Bertz CT molecular complexity index is 981. The van der Waals surface area contributed by atoms with Crippen molar-refractivity contribution in [2.75, 3.05) is 0 Å². The van der Waals surface area contributed by atoms with Gasteiger partial charge in [0.15, 0.2) is 5.76 Å². The normalized spacial score (nSPS) is 21.4. The summed E-state index contributed by atoms with van der Waals surface area (Å²) in [6, 6.07) is 9.39. The van der Waals surface area contributed by atoms with Crippen molar-refractivity contribution in [1.29, 1.82) is 0 Å². The maximum Gasteiger partial charge on any atom is 0.324 e. The van der Waals surface area contributed by atoms with Gasteiger partial charge in [0.25, 0.3) is 0 Å². The van der Waals surface area contributed by atoms with Crippen molar-refractivity contribution in [1.82, 2.24) is 9.97 Å². The Hall–Kier alpha value is -3.55. The van der Waals surface area contributed by atoms with Crippen molar-refractivity contribution in [3.8, 4) is 11.3 Å². The lowest BCUT2D eigenvalue weighted by Gasteiger charge is -2.29. The van der Waals surface area contributed by atoms with Gasteiger partial charge >= 0.3 is 5.54 Å². The van der Waals surface area contributed by atoms with E-state index in [0.29, 0.717) is 5.69 Å². The monoisotopic (exact) mass is 378 g/mol. The Morgan fingerprint density at radius 2 is 1.93 bits per heavy atom. The molecule has 1 saturated carbocycles. The van der Waals surface area contributed by atoms with Crippen molar-refractivity contribution < 1.29 is 14.5 Å². The van der Waals surface area contributed by atoms with E-state index in [1.54, 1.807) is 0 Å². The van der Waals surface area contributed by atoms with Gasteiger partial charge < -0.3 is 10.5 Å². The predicted octanol–water partition coefficient (Wildman–Crippen LogP) is 2.49. The summed E-state index contributed by atoms with van der Waals surface area (Å²) in [6.07, 6.45) is 7.21. The van der Waals surface area contributed by atoms with Gasteiger partial charge in [0.1, 0.15) is 5.69 Å². The number of carbonyl (C=O) groups is 1. The lowest BCUT2D eigenvalue weighted by Crippen LogP contribution is -2.42. The summed E-state index contributed by atoms with van der Waals surface area (Å²) in [5.74, 6) is -0.548. The Labute approximate surface area is 160 Å². The third-order valence-electron chi connectivity index (χ3n) is 4.88. The van der Waals surface area contributed by atoms with Crippen LogP contribution in [-0.2, 0) is 15.1 Å². The van der Waals surface area contributed by atoms with Crippen LogP contribution in [0.2, 0.25) is 0 Å². The second kappa shape index (κ2) is 6.88. The molecule has 2 aliphatic carbocycles. The highest BCUT2D eigenvalue weighted by molar-refractivity contribution is 5.92. The van der Waals surface area contributed by atoms with Gasteiger partial charge in [-0.2, -0.15) is 0 Å². The Morgan fingerprint density at radius 3 is 2.50 bits per heavy atom. The molecule has 0 aliphatic heterocycles. The maximum absolute atomic E-state index is 12.2. The van der Waals surface area contributed by atoms with E-state index < -0.39 is 16.4 Å². The molecule has 2 N–H and O–H groups in total. The van der Waals surface area contributed by atoms with Crippen molar-refractivity contribution >= 4 is 5.91 Å². The molecule has 1 aromatic heterocycles. The maximum atomic E-state index is 12.2. The van der Waals surface area contributed by atoms with Crippen LogP contribution >= 0.6 is 0 Å². The van der Waals surface area contributed by atoms with Crippen LogP contribution < -0.4 is 5.73 Å². The van der Waals surface area contributed by atoms with Crippen LogP contribution in [0.5, 0.6) is 0 Å². The zero-order valence-corrected chi connectivity index (χ0v) is 14.9. The Morgan fingerprint density at radius 1 is 1.18 bits per heavy atom. The molecule has 8 heteroatoms. The molecule has 1 heterocycles. The molecule has 0 radical (unpaired) electrons. The number of primary amides is 1. The molecular weight excluding hydrogens is 360 g/mol. The third kappa shape index (κ3) is 3.13. The summed E-state index contributed by atoms with van der Waals surface area (Å²) in [6.45, 7) is 0. The molecule has 0 spiro atoms. The molecule has 2 aromatic rings. The van der Waals surface area contributed by atoms with E-state index in [2.05, 4.69) is 9.97 Å². The highest BCUT2D eigenvalue weighted by Crippen LogP contribution is 2.43. The van der Waals surface area contributed by atoms with E-state index in [0.717, 1.165) is 18.4 Å². The number of nitrogens with zero attached hydrogens (tertiary/aromatic N) is 3. The van der Waals surface area contributed by atoms with Gasteiger partial charge in [-0.15, -0.1) is 0 Å². The summed E-state index contributed by atoms with van der Waals surface area (Å²) in [5.41, 5.74) is 5.26. The molecule has 4 rings (SSSR count). The molecule has 1 atom stereocenters. The molecule has 1 unspecified atom stereocenters. The fourth-order valence-electron chi connectivity index (χ4n) is 3.17. The fourth-order valence-corrected chi connectivity index (χ4v) is 3.17. The number of benzene rings is 1. The van der Waals surface area contributed by atoms with E-state index in [-0.39, 0.29) is 29.6 Å². The molecule has 2 aliphatic rings. The summed E-state index contributed by atoms with van der Waals surface area (Å²) in [5, 5.41) is 12.2. The van der Waals surface area contributed by atoms with Gasteiger partial charge in [-0.1, -0.05) is 30.3 Å². The number of aromatic nitrogens is 2. The van der Waals surface area contributed by atoms with Crippen molar-refractivity contribution in [3.05, 3.63) is 82.0 Å². The Kier molecular flexibility index (Phi) is 4.38. The molecule has 0 bridgehead atoms. The number of carbonyl (C=O) groups excluding carboxylic acids is 1. The van der Waals surface area contributed by atoms with Gasteiger partial charge in [-0.05, 0) is 25.0 Å². The van der Waals surface area contributed by atoms with E-state index in [9.17, 15) is 14.9 Å². The topological polar surface area (TPSA) is 121 Å². The SMILES string of the molecule is NC(=O)C1=CC=C(OC2CC2)C(c2cnc(-c3ccccc3)cn2)([N+](=O)[O-])C1. The first kappa shape index (κ1) is 17.8. The summed E-state index contributed by atoms with van der Waals surface area (Å²) < 4.78 is 5.83. The average molecular weight is 378 g/mol. The minimum Gasteiger partial charge on any atom is -0.487 e. The van der Waals surface area contributed by atoms with Crippen LogP contribution in [0.15, 0.2) is 66.2 Å².